The van der Waals surface area contributed by atoms with E-state index in [1.165, 1.54) is 12.8 Å². The van der Waals surface area contributed by atoms with E-state index in [4.69, 9.17) is 5.73 Å². The second-order valence-corrected chi connectivity index (χ2v) is 5.91. The molecule has 1 aliphatic rings. The number of H-pyrrole nitrogens is 1. The molecule has 0 spiro atoms. The molecule has 0 unspecified atom stereocenters. The molecule has 1 heterocycles. The monoisotopic (exact) mass is 248 g/mol. The molecule has 1 aromatic carbocycles. The molecule has 5 heteroatoms. The van der Waals surface area contributed by atoms with Crippen LogP contribution >= 0.6 is 11.8 Å². The van der Waals surface area contributed by atoms with Gasteiger partial charge in [-0.3, -0.25) is 5.10 Å². The maximum Gasteiger partial charge on any atom is 0.0672 e. The smallest absolute Gasteiger partial charge is 0.0672 e. The Morgan fingerprint density at radius 2 is 2.35 bits per heavy atom. The van der Waals surface area contributed by atoms with Gasteiger partial charge in [-0.05, 0) is 31.2 Å². The zero-order chi connectivity index (χ0) is 11.9. The molecule has 0 amide bonds. The van der Waals surface area contributed by atoms with E-state index in [9.17, 15) is 0 Å². The number of anilines is 2. The van der Waals surface area contributed by atoms with Crippen molar-refractivity contribution in [3.8, 4) is 0 Å². The first kappa shape index (κ1) is 10.8. The molecule has 90 valence electrons. The molecule has 4 nitrogen and oxygen atoms in total. The summed E-state index contributed by atoms with van der Waals surface area (Å²) in [7, 11) is 0. The number of rotatable bonds is 4. The van der Waals surface area contributed by atoms with Gasteiger partial charge in [0, 0.05) is 16.7 Å². The molecule has 17 heavy (non-hydrogen) atoms. The van der Waals surface area contributed by atoms with Crippen molar-refractivity contribution in [2.45, 2.75) is 17.6 Å². The molecule has 1 aliphatic carbocycles. The maximum absolute atomic E-state index is 6.03. The highest BCUT2D eigenvalue weighted by atomic mass is 32.2. The van der Waals surface area contributed by atoms with Crippen molar-refractivity contribution in [1.82, 2.24) is 10.2 Å². The summed E-state index contributed by atoms with van der Waals surface area (Å²) in [6, 6.07) is 3.99. The Morgan fingerprint density at radius 3 is 3.06 bits per heavy atom. The lowest BCUT2D eigenvalue weighted by Crippen LogP contribution is -2.18. The van der Waals surface area contributed by atoms with Crippen molar-refractivity contribution in [1.29, 1.82) is 0 Å². The predicted molar refractivity (Wildman–Crippen MR) is 74.5 cm³/mol. The van der Waals surface area contributed by atoms with Crippen LogP contribution in [0.5, 0.6) is 0 Å². The average Bonchev–Trinajstić information content (AvgIpc) is 2.98. The van der Waals surface area contributed by atoms with Crippen LogP contribution < -0.4 is 11.1 Å². The SMILES string of the molecule is CSC1(CNc2cc3[nH]ncc3cc2N)CC1. The molecule has 0 aliphatic heterocycles. The first-order valence-corrected chi connectivity index (χ1v) is 6.97. The third-order valence-corrected chi connectivity index (χ3v) is 4.87. The number of thioether (sulfide) groups is 1. The summed E-state index contributed by atoms with van der Waals surface area (Å²) in [5.41, 5.74) is 8.84. The number of hydrogen-bond acceptors (Lipinski definition) is 4. The van der Waals surface area contributed by atoms with Crippen molar-refractivity contribution in [3.05, 3.63) is 18.3 Å². The van der Waals surface area contributed by atoms with Crippen LogP contribution in [0.25, 0.3) is 10.9 Å². The summed E-state index contributed by atoms with van der Waals surface area (Å²) in [6.45, 7) is 0.984. The molecule has 1 fully saturated rings. The van der Waals surface area contributed by atoms with E-state index in [1.807, 2.05) is 23.9 Å². The highest BCUT2D eigenvalue weighted by Gasteiger charge is 2.41. The summed E-state index contributed by atoms with van der Waals surface area (Å²) in [6.07, 6.45) is 6.57. The van der Waals surface area contributed by atoms with Gasteiger partial charge in [-0.1, -0.05) is 0 Å². The standard InChI is InChI=1S/C12H16N4S/c1-17-12(2-3-12)7-14-11-5-10-8(4-9(11)13)6-15-16-10/h4-6,14H,2-3,7,13H2,1H3,(H,15,16). The van der Waals surface area contributed by atoms with Gasteiger partial charge in [-0.15, -0.1) is 0 Å². The van der Waals surface area contributed by atoms with Gasteiger partial charge in [0.1, 0.15) is 0 Å². The minimum absolute atomic E-state index is 0.440. The van der Waals surface area contributed by atoms with Gasteiger partial charge < -0.3 is 11.1 Å². The van der Waals surface area contributed by atoms with E-state index < -0.39 is 0 Å². The van der Waals surface area contributed by atoms with Crippen LogP contribution in [0, 0.1) is 0 Å². The summed E-state index contributed by atoms with van der Waals surface area (Å²) >= 11 is 1.95. The Morgan fingerprint density at radius 1 is 1.53 bits per heavy atom. The second kappa shape index (κ2) is 3.84. The number of nitrogens with one attached hydrogen (secondary N) is 2. The van der Waals surface area contributed by atoms with Gasteiger partial charge in [-0.2, -0.15) is 16.9 Å². The van der Waals surface area contributed by atoms with E-state index in [2.05, 4.69) is 21.8 Å². The van der Waals surface area contributed by atoms with Gasteiger partial charge in [0.05, 0.1) is 23.1 Å². The summed E-state index contributed by atoms with van der Waals surface area (Å²) < 4.78 is 0.440. The molecule has 0 bridgehead atoms. The average molecular weight is 248 g/mol. The normalized spacial score (nSPS) is 17.2. The van der Waals surface area contributed by atoms with E-state index in [1.54, 1.807) is 6.20 Å². The highest BCUT2D eigenvalue weighted by Crippen LogP contribution is 2.47. The third kappa shape index (κ3) is 1.95. The van der Waals surface area contributed by atoms with Crippen LogP contribution in [0.3, 0.4) is 0 Å². The van der Waals surface area contributed by atoms with E-state index in [-0.39, 0.29) is 0 Å². The number of benzene rings is 1. The van der Waals surface area contributed by atoms with Crippen LogP contribution in [0.1, 0.15) is 12.8 Å². The number of nitrogens with zero attached hydrogens (tertiary/aromatic N) is 1. The number of hydrogen-bond donors (Lipinski definition) is 3. The van der Waals surface area contributed by atoms with E-state index in [0.29, 0.717) is 4.75 Å². The zero-order valence-electron chi connectivity index (χ0n) is 9.79. The molecule has 1 aromatic heterocycles. The van der Waals surface area contributed by atoms with Gasteiger partial charge in [0.2, 0.25) is 0 Å². The minimum atomic E-state index is 0.440. The van der Waals surface area contributed by atoms with Crippen LogP contribution in [0.15, 0.2) is 18.3 Å². The lowest BCUT2D eigenvalue weighted by atomic mass is 10.2. The number of nitrogen functional groups attached to an aromatic ring is 1. The highest BCUT2D eigenvalue weighted by molar-refractivity contribution is 8.00. The van der Waals surface area contributed by atoms with Crippen molar-refractivity contribution in [3.63, 3.8) is 0 Å². The molecule has 0 radical (unpaired) electrons. The fourth-order valence-electron chi connectivity index (χ4n) is 2.01. The topological polar surface area (TPSA) is 66.7 Å². The first-order valence-electron chi connectivity index (χ1n) is 5.74. The van der Waals surface area contributed by atoms with Crippen LogP contribution in [0.2, 0.25) is 0 Å². The number of nitrogens with two attached hydrogens (primary N) is 1. The van der Waals surface area contributed by atoms with Crippen molar-refractivity contribution in [2.24, 2.45) is 0 Å². The molecule has 1 saturated carbocycles. The van der Waals surface area contributed by atoms with Crippen LogP contribution in [-0.4, -0.2) is 27.7 Å². The minimum Gasteiger partial charge on any atom is -0.397 e. The number of aromatic amines is 1. The van der Waals surface area contributed by atoms with Gasteiger partial charge in [0.25, 0.3) is 0 Å². The fraction of sp³-hybridized carbons (Fsp3) is 0.417. The Labute approximate surface area is 104 Å². The molecule has 0 atom stereocenters. The Hall–Kier alpha value is -1.36. The van der Waals surface area contributed by atoms with Crippen molar-refractivity contribution >= 4 is 34.0 Å². The van der Waals surface area contributed by atoms with Crippen LogP contribution in [-0.2, 0) is 0 Å². The quantitative estimate of drug-likeness (QED) is 0.727. The lowest BCUT2D eigenvalue weighted by molar-refractivity contribution is 0.950. The van der Waals surface area contributed by atoms with Gasteiger partial charge >= 0.3 is 0 Å². The molecular weight excluding hydrogens is 232 g/mol. The first-order chi connectivity index (χ1) is 8.22. The van der Waals surface area contributed by atoms with E-state index in [0.717, 1.165) is 28.8 Å². The van der Waals surface area contributed by atoms with Gasteiger partial charge in [-0.25, -0.2) is 0 Å². The molecule has 4 N–H and O–H groups in total. The Bertz CT molecular complexity index is 544. The second-order valence-electron chi connectivity index (χ2n) is 4.64. The Kier molecular flexibility index (Phi) is 2.43. The zero-order valence-corrected chi connectivity index (χ0v) is 10.6. The number of fused-ring (bicyclic) bond motifs is 1. The van der Waals surface area contributed by atoms with Crippen LogP contribution in [0.4, 0.5) is 11.4 Å². The molecule has 3 rings (SSSR count). The fourth-order valence-corrected chi connectivity index (χ4v) is 2.74. The third-order valence-electron chi connectivity index (χ3n) is 3.45. The summed E-state index contributed by atoms with van der Waals surface area (Å²) in [5.74, 6) is 0. The largest absolute Gasteiger partial charge is 0.397 e. The summed E-state index contributed by atoms with van der Waals surface area (Å²) in [4.78, 5) is 0. The maximum atomic E-state index is 6.03. The predicted octanol–water partition coefficient (Wildman–Crippen LogP) is 2.45. The molecule has 0 saturated heterocycles. The molecular formula is C12H16N4S. The Balaban J connectivity index is 1.82. The van der Waals surface area contributed by atoms with Crippen molar-refractivity contribution < 1.29 is 0 Å². The lowest BCUT2D eigenvalue weighted by Gasteiger charge is -2.15. The van der Waals surface area contributed by atoms with Gasteiger partial charge in [0.15, 0.2) is 0 Å². The van der Waals surface area contributed by atoms with E-state index >= 15 is 0 Å². The number of aromatic nitrogens is 2. The molecule has 2 aromatic rings. The van der Waals surface area contributed by atoms with Crippen molar-refractivity contribution in [2.75, 3.05) is 23.9 Å². The summed E-state index contributed by atoms with van der Waals surface area (Å²) in [5, 5.41) is 11.5.